The van der Waals surface area contributed by atoms with Crippen molar-refractivity contribution in [1.82, 2.24) is 4.90 Å². The smallest absolute Gasteiger partial charge is 0.139 e. The monoisotopic (exact) mass is 217 g/mol. The van der Waals surface area contributed by atoms with Gasteiger partial charge < -0.3 is 20.8 Å². The molecule has 0 amide bonds. The molecule has 1 unspecified atom stereocenters. The molecule has 0 aromatic rings. The minimum Gasteiger partial charge on any atom is -0.409 e. The summed E-state index contributed by atoms with van der Waals surface area (Å²) in [4.78, 5) is 2.17. The maximum Gasteiger partial charge on any atom is 0.139 e. The van der Waals surface area contributed by atoms with Gasteiger partial charge in [-0.15, -0.1) is 0 Å². The number of rotatable bonds is 5. The lowest BCUT2D eigenvalue weighted by Crippen LogP contribution is -2.47. The average molecular weight is 217 g/mol. The number of nitrogens with two attached hydrogens (primary N) is 1. The lowest BCUT2D eigenvalue weighted by atomic mass is 10.2. The maximum absolute atomic E-state index is 9.11. The fourth-order valence-corrected chi connectivity index (χ4v) is 1.66. The minimum atomic E-state index is 0.0889. The summed E-state index contributed by atoms with van der Waals surface area (Å²) in [6, 6.07) is 0.0889. The third-order valence-electron chi connectivity index (χ3n) is 2.57. The number of aliphatic hydroxyl groups excluding tert-OH is 1. The molecule has 0 radical (unpaired) electrons. The first-order chi connectivity index (χ1) is 7.27. The highest BCUT2D eigenvalue weighted by Crippen LogP contribution is 2.07. The van der Waals surface area contributed by atoms with Gasteiger partial charge in [-0.25, -0.2) is 0 Å². The summed E-state index contributed by atoms with van der Waals surface area (Å²) in [5.74, 6) is 0.254. The molecule has 0 spiro atoms. The Bertz CT molecular complexity index is 211. The number of amidine groups is 1. The van der Waals surface area contributed by atoms with E-state index in [2.05, 4.69) is 10.1 Å². The quantitative estimate of drug-likeness (QED) is 0.243. The molecule has 0 aliphatic carbocycles. The van der Waals surface area contributed by atoms with Crippen molar-refractivity contribution >= 4 is 5.84 Å². The van der Waals surface area contributed by atoms with Crippen molar-refractivity contribution in [2.75, 3.05) is 32.9 Å². The SMILES string of the molecule is NC(CCCN1CCOCC1CO)=NO. The Morgan fingerprint density at radius 3 is 3.07 bits per heavy atom. The van der Waals surface area contributed by atoms with Gasteiger partial charge in [0.15, 0.2) is 0 Å². The highest BCUT2D eigenvalue weighted by molar-refractivity contribution is 5.79. The lowest BCUT2D eigenvalue weighted by molar-refractivity contribution is -0.0274. The first kappa shape index (κ1) is 12.2. The predicted molar refractivity (Wildman–Crippen MR) is 55.9 cm³/mol. The molecule has 1 heterocycles. The van der Waals surface area contributed by atoms with Crippen molar-refractivity contribution in [1.29, 1.82) is 0 Å². The van der Waals surface area contributed by atoms with Crippen molar-refractivity contribution in [3.8, 4) is 0 Å². The highest BCUT2D eigenvalue weighted by atomic mass is 16.5. The van der Waals surface area contributed by atoms with Crippen molar-refractivity contribution in [3.05, 3.63) is 0 Å². The van der Waals surface area contributed by atoms with E-state index in [1.807, 2.05) is 0 Å². The number of ether oxygens (including phenoxy) is 1. The summed E-state index contributed by atoms with van der Waals surface area (Å²) in [7, 11) is 0. The van der Waals surface area contributed by atoms with Crippen molar-refractivity contribution < 1.29 is 15.1 Å². The Labute approximate surface area is 89.3 Å². The largest absolute Gasteiger partial charge is 0.409 e. The second kappa shape index (κ2) is 6.60. The molecule has 0 saturated carbocycles. The summed E-state index contributed by atoms with van der Waals surface area (Å²) >= 11 is 0. The Balaban J connectivity index is 2.23. The standard InChI is InChI=1S/C9H19N3O3/c10-9(11-14)2-1-3-12-4-5-15-7-8(12)6-13/h8,13-14H,1-7H2,(H2,10,11). The van der Waals surface area contributed by atoms with Crippen molar-refractivity contribution in [2.24, 2.45) is 10.9 Å². The van der Waals surface area contributed by atoms with Gasteiger partial charge in [0.2, 0.25) is 0 Å². The van der Waals surface area contributed by atoms with Crippen LogP contribution in [0.25, 0.3) is 0 Å². The number of hydrogen-bond donors (Lipinski definition) is 3. The van der Waals surface area contributed by atoms with Gasteiger partial charge in [-0.05, 0) is 13.0 Å². The molecule has 0 aromatic carbocycles. The van der Waals surface area contributed by atoms with Crippen LogP contribution in [0.15, 0.2) is 5.16 Å². The van der Waals surface area contributed by atoms with Crippen LogP contribution in [0.2, 0.25) is 0 Å². The molecule has 1 aliphatic rings. The van der Waals surface area contributed by atoms with Crippen LogP contribution < -0.4 is 5.73 Å². The molecule has 6 heteroatoms. The summed E-state index contributed by atoms with van der Waals surface area (Å²) in [5.41, 5.74) is 5.36. The van der Waals surface area contributed by atoms with Crippen LogP contribution in [-0.2, 0) is 4.74 Å². The van der Waals surface area contributed by atoms with Crippen LogP contribution >= 0.6 is 0 Å². The first-order valence-corrected chi connectivity index (χ1v) is 5.17. The molecule has 0 bridgehead atoms. The van der Waals surface area contributed by atoms with Gasteiger partial charge in [0.25, 0.3) is 0 Å². The first-order valence-electron chi connectivity index (χ1n) is 5.17. The Morgan fingerprint density at radius 2 is 2.40 bits per heavy atom. The zero-order valence-electron chi connectivity index (χ0n) is 8.80. The van der Waals surface area contributed by atoms with E-state index >= 15 is 0 Å². The Morgan fingerprint density at radius 1 is 1.60 bits per heavy atom. The topological polar surface area (TPSA) is 91.3 Å². The Hall–Kier alpha value is -0.850. The zero-order valence-corrected chi connectivity index (χ0v) is 8.80. The van der Waals surface area contributed by atoms with E-state index in [1.165, 1.54) is 0 Å². The predicted octanol–water partition coefficient (Wildman–Crippen LogP) is -0.794. The number of aliphatic hydroxyl groups is 1. The van der Waals surface area contributed by atoms with E-state index < -0.39 is 0 Å². The van der Waals surface area contributed by atoms with Crippen LogP contribution in [0.3, 0.4) is 0 Å². The van der Waals surface area contributed by atoms with E-state index in [9.17, 15) is 0 Å². The van der Waals surface area contributed by atoms with Crippen LogP contribution in [0.1, 0.15) is 12.8 Å². The summed E-state index contributed by atoms with van der Waals surface area (Å²) in [6.45, 7) is 3.08. The summed E-state index contributed by atoms with van der Waals surface area (Å²) in [5, 5.41) is 20.4. The normalized spacial score (nSPS) is 24.3. The van der Waals surface area contributed by atoms with E-state index in [1.54, 1.807) is 0 Å². The van der Waals surface area contributed by atoms with Crippen LogP contribution in [0.5, 0.6) is 0 Å². The molecule has 1 rings (SSSR count). The van der Waals surface area contributed by atoms with Crippen LogP contribution in [0.4, 0.5) is 0 Å². The van der Waals surface area contributed by atoms with E-state index in [0.29, 0.717) is 19.6 Å². The molecule has 15 heavy (non-hydrogen) atoms. The molecule has 1 atom stereocenters. The fraction of sp³-hybridized carbons (Fsp3) is 0.889. The molecule has 4 N–H and O–H groups in total. The molecule has 1 aliphatic heterocycles. The van der Waals surface area contributed by atoms with Crippen LogP contribution in [0, 0.1) is 0 Å². The zero-order chi connectivity index (χ0) is 11.1. The number of oxime groups is 1. The minimum absolute atomic E-state index is 0.0889. The Kier molecular flexibility index (Phi) is 5.38. The van der Waals surface area contributed by atoms with Crippen LogP contribution in [-0.4, -0.2) is 60.0 Å². The number of nitrogens with zero attached hydrogens (tertiary/aromatic N) is 2. The number of morpholine rings is 1. The van der Waals surface area contributed by atoms with E-state index in [-0.39, 0.29) is 18.5 Å². The molecule has 88 valence electrons. The third-order valence-corrected chi connectivity index (χ3v) is 2.57. The molecule has 1 fully saturated rings. The molecule has 1 saturated heterocycles. The second-order valence-electron chi connectivity index (χ2n) is 3.64. The fourth-order valence-electron chi connectivity index (χ4n) is 1.66. The van der Waals surface area contributed by atoms with Gasteiger partial charge in [0, 0.05) is 13.0 Å². The van der Waals surface area contributed by atoms with Crippen molar-refractivity contribution in [3.63, 3.8) is 0 Å². The summed E-state index contributed by atoms with van der Waals surface area (Å²) in [6.07, 6.45) is 1.40. The van der Waals surface area contributed by atoms with E-state index in [4.69, 9.17) is 20.8 Å². The van der Waals surface area contributed by atoms with E-state index in [0.717, 1.165) is 19.5 Å². The molecular weight excluding hydrogens is 198 g/mol. The molecule has 0 aromatic heterocycles. The molecule has 6 nitrogen and oxygen atoms in total. The lowest BCUT2D eigenvalue weighted by Gasteiger charge is -2.34. The van der Waals surface area contributed by atoms with Gasteiger partial charge in [-0.2, -0.15) is 0 Å². The molecular formula is C9H19N3O3. The van der Waals surface area contributed by atoms with Crippen molar-refractivity contribution in [2.45, 2.75) is 18.9 Å². The highest BCUT2D eigenvalue weighted by Gasteiger charge is 2.21. The number of hydrogen-bond acceptors (Lipinski definition) is 5. The van der Waals surface area contributed by atoms with Gasteiger partial charge in [0.05, 0.1) is 25.9 Å². The van der Waals surface area contributed by atoms with Gasteiger partial charge in [-0.3, -0.25) is 4.90 Å². The second-order valence-corrected chi connectivity index (χ2v) is 3.64. The van der Waals surface area contributed by atoms with Gasteiger partial charge in [-0.1, -0.05) is 5.16 Å². The third kappa shape index (κ3) is 4.03. The maximum atomic E-state index is 9.11. The average Bonchev–Trinajstić information content (AvgIpc) is 2.29. The summed E-state index contributed by atoms with van der Waals surface area (Å²) < 4.78 is 5.26. The van der Waals surface area contributed by atoms with Gasteiger partial charge in [0.1, 0.15) is 5.84 Å². The van der Waals surface area contributed by atoms with Gasteiger partial charge >= 0.3 is 0 Å².